The molecule has 0 radical (unpaired) electrons. The van der Waals surface area contributed by atoms with E-state index >= 15 is 0 Å². The highest BCUT2D eigenvalue weighted by molar-refractivity contribution is 7.17. The Morgan fingerprint density at radius 3 is 2.61 bits per heavy atom. The third-order valence-corrected chi connectivity index (χ3v) is 7.84. The summed E-state index contributed by atoms with van der Waals surface area (Å²) in [5, 5.41) is 9.10. The molecule has 1 N–H and O–H groups in total. The van der Waals surface area contributed by atoms with E-state index in [0.717, 1.165) is 56.5 Å². The fourth-order valence-electron chi connectivity index (χ4n) is 4.70. The number of aryl methyl sites for hydroxylation is 2. The number of nitrogens with zero attached hydrogens (tertiary/aromatic N) is 1. The van der Waals surface area contributed by atoms with E-state index in [4.69, 9.17) is 19.2 Å². The van der Waals surface area contributed by atoms with E-state index in [1.165, 1.54) is 16.9 Å². The molecule has 2 aromatic heterocycles. The summed E-state index contributed by atoms with van der Waals surface area (Å²) in [5.41, 5.74) is 5.12. The molecule has 2 aromatic carbocycles. The Bertz CT molecular complexity index is 1420. The number of carboxylic acid groups (broad SMARTS) is 1. The number of thiophene rings is 1. The second-order valence-electron chi connectivity index (χ2n) is 9.11. The summed E-state index contributed by atoms with van der Waals surface area (Å²) in [7, 11) is 0. The summed E-state index contributed by atoms with van der Waals surface area (Å²) in [6.45, 7) is 3.96. The van der Waals surface area contributed by atoms with Crippen molar-refractivity contribution >= 4 is 23.1 Å². The average molecular weight is 502 g/mol. The topological polar surface area (TPSA) is 89.6 Å². The molecule has 0 spiro atoms. The molecule has 36 heavy (non-hydrogen) atoms. The van der Waals surface area contributed by atoms with Gasteiger partial charge in [0.25, 0.3) is 0 Å². The number of rotatable bonds is 9. The number of oxazole rings is 1. The maximum atomic E-state index is 11.6. The van der Waals surface area contributed by atoms with E-state index in [9.17, 15) is 9.59 Å². The molecule has 6 nitrogen and oxygen atoms in total. The van der Waals surface area contributed by atoms with Crippen molar-refractivity contribution in [3.63, 3.8) is 0 Å². The minimum atomic E-state index is -0.753. The molecule has 5 rings (SSSR count). The first-order valence-corrected chi connectivity index (χ1v) is 12.8. The number of ketones is 1. The molecular formula is C29H27NO5S. The fourth-order valence-corrected chi connectivity index (χ4v) is 5.61. The Hall–Kier alpha value is -3.71. The first-order valence-electron chi connectivity index (χ1n) is 12.0. The van der Waals surface area contributed by atoms with E-state index in [-0.39, 0.29) is 18.1 Å². The van der Waals surface area contributed by atoms with E-state index in [0.29, 0.717) is 18.9 Å². The average Bonchev–Trinajstić information content (AvgIpc) is 3.58. The second kappa shape index (κ2) is 10.1. The zero-order valence-electron chi connectivity index (χ0n) is 20.2. The normalized spacial score (nSPS) is 14.6. The van der Waals surface area contributed by atoms with Crippen molar-refractivity contribution in [2.45, 2.75) is 45.4 Å². The van der Waals surface area contributed by atoms with Crippen molar-refractivity contribution in [3.05, 3.63) is 82.1 Å². The molecule has 1 atom stereocenters. The van der Waals surface area contributed by atoms with Gasteiger partial charge < -0.3 is 14.3 Å². The number of ether oxygens (including phenoxy) is 1. The molecule has 1 aliphatic carbocycles. The standard InChI is InChI=1S/C29H27NO5S/c1-17(31)26-11-12-27(36-26)19-3-5-20(6-4-19)29-30-25(18(2)35-29)13-14-34-23-9-10-24-21(15-23)7-8-22(24)16-28(32)33/h3-6,9-12,15,22H,7-8,13-14,16H2,1-2H3,(H,32,33). The number of benzene rings is 2. The number of hydrogen-bond donors (Lipinski definition) is 1. The van der Waals surface area contributed by atoms with Crippen LogP contribution in [0.15, 0.2) is 59.0 Å². The molecule has 7 heteroatoms. The van der Waals surface area contributed by atoms with Crippen molar-refractivity contribution in [2.24, 2.45) is 0 Å². The molecular weight excluding hydrogens is 474 g/mol. The Labute approximate surface area is 213 Å². The first-order chi connectivity index (χ1) is 17.4. The van der Waals surface area contributed by atoms with Gasteiger partial charge >= 0.3 is 5.97 Å². The van der Waals surface area contributed by atoms with Gasteiger partial charge in [0.2, 0.25) is 5.89 Å². The predicted molar refractivity (Wildman–Crippen MR) is 139 cm³/mol. The van der Waals surface area contributed by atoms with Gasteiger partial charge in [0, 0.05) is 16.9 Å². The predicted octanol–water partition coefficient (Wildman–Crippen LogP) is 6.71. The van der Waals surface area contributed by atoms with Gasteiger partial charge in [-0.3, -0.25) is 9.59 Å². The van der Waals surface area contributed by atoms with Crippen LogP contribution in [0.4, 0.5) is 0 Å². The third-order valence-electron chi connectivity index (χ3n) is 6.61. The van der Waals surface area contributed by atoms with Gasteiger partial charge in [-0.1, -0.05) is 18.2 Å². The first kappa shape index (κ1) is 24.0. The minimum Gasteiger partial charge on any atom is -0.493 e. The summed E-state index contributed by atoms with van der Waals surface area (Å²) in [6, 6.07) is 17.8. The highest BCUT2D eigenvalue weighted by Gasteiger charge is 2.25. The maximum Gasteiger partial charge on any atom is 0.303 e. The summed E-state index contributed by atoms with van der Waals surface area (Å²) >= 11 is 1.49. The Balaban J connectivity index is 1.20. The van der Waals surface area contributed by atoms with Crippen LogP contribution in [0.3, 0.4) is 0 Å². The molecule has 1 unspecified atom stereocenters. The molecule has 1 aliphatic rings. The molecule has 0 saturated heterocycles. The van der Waals surface area contributed by atoms with Crippen LogP contribution in [-0.2, 0) is 17.6 Å². The van der Waals surface area contributed by atoms with Crippen LogP contribution in [0.1, 0.15) is 57.9 Å². The van der Waals surface area contributed by atoms with Crippen molar-refractivity contribution in [3.8, 4) is 27.6 Å². The summed E-state index contributed by atoms with van der Waals surface area (Å²) in [6.07, 6.45) is 2.56. The summed E-state index contributed by atoms with van der Waals surface area (Å²) < 4.78 is 11.9. The van der Waals surface area contributed by atoms with Crippen LogP contribution in [0, 0.1) is 6.92 Å². The molecule has 4 aromatic rings. The number of carboxylic acids is 1. The summed E-state index contributed by atoms with van der Waals surface area (Å²) in [5.74, 6) is 1.56. The number of hydrogen-bond acceptors (Lipinski definition) is 6. The zero-order chi connectivity index (χ0) is 25.2. The molecule has 184 valence electrons. The Kier molecular flexibility index (Phi) is 6.74. The smallest absolute Gasteiger partial charge is 0.303 e. The van der Waals surface area contributed by atoms with Crippen LogP contribution < -0.4 is 4.74 Å². The number of aliphatic carboxylic acids is 1. The van der Waals surface area contributed by atoms with Crippen molar-refractivity contribution < 1.29 is 23.8 Å². The molecule has 0 aliphatic heterocycles. The van der Waals surface area contributed by atoms with E-state index in [1.54, 1.807) is 6.92 Å². The van der Waals surface area contributed by atoms with Crippen molar-refractivity contribution in [1.29, 1.82) is 0 Å². The monoisotopic (exact) mass is 501 g/mol. The van der Waals surface area contributed by atoms with Gasteiger partial charge in [0.1, 0.15) is 11.5 Å². The molecule has 0 fully saturated rings. The number of aromatic nitrogens is 1. The van der Waals surface area contributed by atoms with Crippen LogP contribution in [0.25, 0.3) is 21.9 Å². The van der Waals surface area contributed by atoms with Gasteiger partial charge in [0.05, 0.1) is 23.6 Å². The molecule has 0 bridgehead atoms. The van der Waals surface area contributed by atoms with Gasteiger partial charge in [-0.2, -0.15) is 0 Å². The van der Waals surface area contributed by atoms with Gasteiger partial charge in [-0.15, -0.1) is 11.3 Å². The molecule has 0 amide bonds. The maximum absolute atomic E-state index is 11.6. The summed E-state index contributed by atoms with van der Waals surface area (Å²) in [4.78, 5) is 29.1. The van der Waals surface area contributed by atoms with Gasteiger partial charge in [0.15, 0.2) is 5.78 Å². The van der Waals surface area contributed by atoms with Crippen LogP contribution in [-0.4, -0.2) is 28.4 Å². The number of Topliss-reactive ketones (excluding diaryl/α,β-unsaturated/α-hetero) is 1. The number of carbonyl (C=O) groups excluding carboxylic acids is 1. The minimum absolute atomic E-state index is 0.0789. The van der Waals surface area contributed by atoms with E-state index < -0.39 is 5.97 Å². The quantitative estimate of drug-likeness (QED) is 0.257. The van der Waals surface area contributed by atoms with Crippen LogP contribution in [0.5, 0.6) is 5.75 Å². The zero-order valence-corrected chi connectivity index (χ0v) is 21.1. The van der Waals surface area contributed by atoms with E-state index in [1.807, 2.05) is 61.5 Å². The largest absolute Gasteiger partial charge is 0.493 e. The lowest BCUT2D eigenvalue weighted by Crippen LogP contribution is -2.04. The second-order valence-corrected chi connectivity index (χ2v) is 10.2. The van der Waals surface area contributed by atoms with E-state index in [2.05, 4.69) is 0 Å². The molecule has 2 heterocycles. The lowest BCUT2D eigenvalue weighted by Gasteiger charge is -2.10. The molecule has 0 saturated carbocycles. The lowest BCUT2D eigenvalue weighted by atomic mass is 9.98. The highest BCUT2D eigenvalue weighted by Crippen LogP contribution is 2.37. The fraction of sp³-hybridized carbons (Fsp3) is 0.276. The highest BCUT2D eigenvalue weighted by atomic mass is 32.1. The third kappa shape index (κ3) is 5.11. The van der Waals surface area contributed by atoms with Crippen LogP contribution >= 0.6 is 11.3 Å². The number of fused-ring (bicyclic) bond motifs is 1. The Morgan fingerprint density at radius 1 is 1.11 bits per heavy atom. The number of carbonyl (C=O) groups is 2. The van der Waals surface area contributed by atoms with Gasteiger partial charge in [-0.25, -0.2) is 4.98 Å². The van der Waals surface area contributed by atoms with Crippen LogP contribution in [0.2, 0.25) is 0 Å². The lowest BCUT2D eigenvalue weighted by molar-refractivity contribution is -0.137. The SMILES string of the molecule is CC(=O)c1ccc(-c2ccc(-c3nc(CCOc4ccc5c(c4)CCC5CC(=O)O)c(C)o3)cc2)s1. The van der Waals surface area contributed by atoms with Crippen molar-refractivity contribution in [1.82, 2.24) is 4.98 Å². The van der Waals surface area contributed by atoms with Gasteiger partial charge in [-0.05, 0) is 85.7 Å². The Morgan fingerprint density at radius 2 is 1.89 bits per heavy atom. The van der Waals surface area contributed by atoms with Crippen molar-refractivity contribution in [2.75, 3.05) is 6.61 Å².